The maximum atomic E-state index is 11.4. The summed E-state index contributed by atoms with van der Waals surface area (Å²) in [6, 6.07) is 14.6. The lowest BCUT2D eigenvalue weighted by molar-refractivity contribution is 0.0701. The lowest BCUT2D eigenvalue weighted by Gasteiger charge is -2.19. The van der Waals surface area contributed by atoms with Crippen LogP contribution in [0, 0.1) is 5.41 Å². The minimum absolute atomic E-state index is 0.325. The van der Waals surface area contributed by atoms with Crippen LogP contribution in [-0.4, -0.2) is 16.1 Å². The van der Waals surface area contributed by atoms with E-state index in [-0.39, 0.29) is 0 Å². The van der Waals surface area contributed by atoms with E-state index in [4.69, 9.17) is 0 Å². The highest BCUT2D eigenvalue weighted by Crippen LogP contribution is 2.26. The molecule has 0 amide bonds. The predicted molar refractivity (Wildman–Crippen MR) is 114 cm³/mol. The van der Waals surface area contributed by atoms with E-state index in [0.29, 0.717) is 32.8 Å². The Labute approximate surface area is 161 Å². The van der Waals surface area contributed by atoms with E-state index in [0.717, 1.165) is 0 Å². The van der Waals surface area contributed by atoms with Crippen LogP contribution in [0.1, 0.15) is 44.5 Å². The molecule has 1 aromatic heterocycles. The van der Waals surface area contributed by atoms with Gasteiger partial charge in [0, 0.05) is 10.8 Å². The van der Waals surface area contributed by atoms with Gasteiger partial charge in [0.25, 0.3) is 0 Å². The number of carbonyl (C=O) groups is 1. The third kappa shape index (κ3) is 5.04. The molecule has 0 atom stereocenters. The van der Waals surface area contributed by atoms with Crippen molar-refractivity contribution < 1.29 is 9.90 Å². The van der Waals surface area contributed by atoms with Crippen LogP contribution in [0.4, 0.5) is 0 Å². The number of aromatic nitrogens is 1. The fraction of sp³-hybridized carbons (Fsp3) is 0.250. The van der Waals surface area contributed by atoms with Crippen LogP contribution in [0.15, 0.2) is 72.8 Å². The van der Waals surface area contributed by atoms with Crippen molar-refractivity contribution in [2.75, 3.05) is 0 Å². The molecule has 0 bridgehead atoms. The van der Waals surface area contributed by atoms with Crippen molar-refractivity contribution in [2.45, 2.75) is 34.1 Å². The Hall–Kier alpha value is -2.94. The van der Waals surface area contributed by atoms with Crippen molar-refractivity contribution in [1.82, 2.24) is 4.98 Å². The number of pyridine rings is 1. The van der Waals surface area contributed by atoms with Crippen molar-refractivity contribution >= 4 is 27.8 Å². The Morgan fingerprint density at radius 3 is 1.81 bits per heavy atom. The quantitative estimate of drug-likeness (QED) is 0.494. The summed E-state index contributed by atoms with van der Waals surface area (Å²) in [6.07, 6.45) is 9.85. The average molecular weight is 361 g/mol. The Kier molecular flexibility index (Phi) is 6.89. The van der Waals surface area contributed by atoms with Gasteiger partial charge >= 0.3 is 5.97 Å². The second kappa shape index (κ2) is 9.13. The minimum atomic E-state index is -0.917. The highest BCUT2D eigenvalue weighted by molar-refractivity contribution is 6.13. The van der Waals surface area contributed by atoms with Crippen molar-refractivity contribution in [3.63, 3.8) is 0 Å². The number of nitrogens with zero attached hydrogens (tertiary/aromatic N) is 1. The molecule has 27 heavy (non-hydrogen) atoms. The van der Waals surface area contributed by atoms with E-state index < -0.39 is 5.97 Å². The molecule has 1 heterocycles. The molecule has 0 spiro atoms. The second-order valence-electron chi connectivity index (χ2n) is 6.81. The first-order chi connectivity index (χ1) is 13.0. The molecule has 3 aromatic rings. The van der Waals surface area contributed by atoms with E-state index in [2.05, 4.69) is 43.1 Å². The van der Waals surface area contributed by atoms with Crippen LogP contribution in [0.2, 0.25) is 0 Å². The van der Waals surface area contributed by atoms with Gasteiger partial charge in [-0.3, -0.25) is 0 Å². The van der Waals surface area contributed by atoms with Crippen LogP contribution >= 0.6 is 0 Å². The van der Waals surface area contributed by atoms with Gasteiger partial charge in [0.2, 0.25) is 0 Å². The Morgan fingerprint density at radius 1 is 0.926 bits per heavy atom. The summed E-state index contributed by atoms with van der Waals surface area (Å²) in [7, 11) is 0. The zero-order valence-corrected chi connectivity index (χ0v) is 16.4. The van der Waals surface area contributed by atoms with Gasteiger partial charge in [-0.1, -0.05) is 88.4 Å². The van der Waals surface area contributed by atoms with Gasteiger partial charge in [0.1, 0.15) is 0 Å². The van der Waals surface area contributed by atoms with E-state index in [1.165, 1.54) is 6.42 Å². The van der Waals surface area contributed by atoms with Crippen molar-refractivity contribution in [3.8, 4) is 0 Å². The molecular weight excluding hydrogens is 334 g/mol. The monoisotopic (exact) mass is 361 g/mol. The molecule has 1 N–H and O–H groups in total. The van der Waals surface area contributed by atoms with Gasteiger partial charge in [-0.25, -0.2) is 9.78 Å². The molecule has 2 aromatic carbocycles. The normalized spacial score (nSPS) is 14.1. The molecule has 0 radical (unpaired) electrons. The maximum absolute atomic E-state index is 11.4. The maximum Gasteiger partial charge on any atom is 0.337 e. The third-order valence-corrected chi connectivity index (χ3v) is 4.24. The van der Waals surface area contributed by atoms with Crippen LogP contribution in [-0.2, 0) is 0 Å². The first kappa shape index (κ1) is 20.4. The molecule has 0 saturated carbocycles. The largest absolute Gasteiger partial charge is 0.478 e. The molecule has 0 aliphatic heterocycles. The topological polar surface area (TPSA) is 50.2 Å². The van der Waals surface area contributed by atoms with Gasteiger partial charge in [0.05, 0.1) is 16.6 Å². The van der Waals surface area contributed by atoms with Gasteiger partial charge < -0.3 is 5.11 Å². The summed E-state index contributed by atoms with van der Waals surface area (Å²) < 4.78 is 0. The molecule has 3 nitrogen and oxygen atoms in total. The smallest absolute Gasteiger partial charge is 0.337 e. The van der Waals surface area contributed by atoms with Crippen molar-refractivity contribution in [1.29, 1.82) is 0 Å². The molecule has 0 fully saturated rings. The van der Waals surface area contributed by atoms with Gasteiger partial charge in [-0.2, -0.15) is 0 Å². The summed E-state index contributed by atoms with van der Waals surface area (Å²) in [4.78, 5) is 15.9. The summed E-state index contributed by atoms with van der Waals surface area (Å²) in [6.45, 7) is 8.49. The minimum Gasteiger partial charge on any atom is -0.478 e. The number of para-hydroxylation sites is 2. The number of hydrogen-bond donors (Lipinski definition) is 1. The zero-order valence-electron chi connectivity index (χ0n) is 16.4. The van der Waals surface area contributed by atoms with Crippen LogP contribution < -0.4 is 0 Å². The highest BCUT2D eigenvalue weighted by Gasteiger charge is 2.14. The Morgan fingerprint density at radius 2 is 1.44 bits per heavy atom. The third-order valence-electron chi connectivity index (χ3n) is 4.24. The number of allylic oxidation sites excluding steroid dienone is 4. The van der Waals surface area contributed by atoms with Crippen LogP contribution in [0.5, 0.6) is 0 Å². The molecular formula is C24H27NO2. The standard InChI is InChI=1S/C14H9NO2.C8H12.C2H6/c16-14(17)13-9-5-1-3-7-11(9)15-12-8-4-2-6-10(12)13;1-8(2)6-4-3-5-7-8;1-2/h1-8H,(H,16,17);3-6H,7H2,1-2H3;1-2H3. The lowest BCUT2D eigenvalue weighted by Crippen LogP contribution is -2.06. The van der Waals surface area contributed by atoms with Crippen molar-refractivity contribution in [3.05, 3.63) is 78.4 Å². The number of carboxylic acids is 1. The first-order valence-electron chi connectivity index (χ1n) is 9.33. The summed E-state index contributed by atoms with van der Waals surface area (Å²) in [5.74, 6) is -0.917. The number of carboxylic acid groups (broad SMARTS) is 1. The molecule has 1 aliphatic carbocycles. The molecule has 0 unspecified atom stereocenters. The summed E-state index contributed by atoms with van der Waals surface area (Å²) >= 11 is 0. The van der Waals surface area contributed by atoms with E-state index in [9.17, 15) is 9.90 Å². The van der Waals surface area contributed by atoms with Gasteiger partial charge in [-0.15, -0.1) is 0 Å². The fourth-order valence-corrected chi connectivity index (χ4v) is 2.90. The van der Waals surface area contributed by atoms with E-state index >= 15 is 0 Å². The molecule has 0 saturated heterocycles. The second-order valence-corrected chi connectivity index (χ2v) is 6.81. The number of aromatic carboxylic acids is 1. The fourth-order valence-electron chi connectivity index (χ4n) is 2.90. The summed E-state index contributed by atoms with van der Waals surface area (Å²) in [5, 5.41) is 10.7. The lowest BCUT2D eigenvalue weighted by atomic mass is 9.86. The molecule has 1 aliphatic rings. The van der Waals surface area contributed by atoms with Gasteiger partial charge in [0.15, 0.2) is 0 Å². The Bertz CT molecular complexity index is 930. The Balaban J connectivity index is 0.000000220. The number of hydrogen-bond acceptors (Lipinski definition) is 2. The number of benzene rings is 2. The highest BCUT2D eigenvalue weighted by atomic mass is 16.4. The average Bonchev–Trinajstić information content (AvgIpc) is 2.67. The summed E-state index contributed by atoms with van der Waals surface area (Å²) in [5.41, 5.74) is 2.16. The van der Waals surface area contributed by atoms with Crippen LogP contribution in [0.3, 0.4) is 0 Å². The zero-order chi connectivity index (χ0) is 19.9. The SMILES string of the molecule is CC.CC1(C)C=CC=CC1.O=C(O)c1c2ccccc2nc2ccccc12. The number of fused-ring (bicyclic) bond motifs is 2. The first-order valence-corrected chi connectivity index (χ1v) is 9.33. The van der Waals surface area contributed by atoms with Crippen molar-refractivity contribution in [2.24, 2.45) is 5.41 Å². The number of rotatable bonds is 1. The van der Waals surface area contributed by atoms with Crippen LogP contribution in [0.25, 0.3) is 21.8 Å². The van der Waals surface area contributed by atoms with Gasteiger partial charge in [-0.05, 0) is 24.0 Å². The van der Waals surface area contributed by atoms with E-state index in [1.807, 2.05) is 50.2 Å². The molecule has 4 rings (SSSR count). The molecule has 3 heteroatoms. The van der Waals surface area contributed by atoms with E-state index in [1.54, 1.807) is 12.1 Å². The predicted octanol–water partition coefficient (Wildman–Crippen LogP) is 6.64. The molecule has 140 valence electrons.